The summed E-state index contributed by atoms with van der Waals surface area (Å²) in [6, 6.07) is 8.30. The van der Waals surface area contributed by atoms with Crippen LogP contribution >= 0.6 is 0 Å². The van der Waals surface area contributed by atoms with Crippen LogP contribution in [-0.2, 0) is 10.2 Å². The Kier molecular flexibility index (Phi) is 4.38. The molecule has 1 spiro atoms. The fourth-order valence-corrected chi connectivity index (χ4v) is 5.49. The smallest absolute Gasteiger partial charge is 0.311 e. The second kappa shape index (κ2) is 6.51. The third-order valence-electron chi connectivity index (χ3n) is 6.85. The molecule has 0 bridgehead atoms. The fraction of sp³-hybridized carbons (Fsp3) is 0.667. The molecule has 4 rings (SSSR count). The first-order valence-electron chi connectivity index (χ1n) is 9.72. The van der Waals surface area contributed by atoms with Crippen molar-refractivity contribution in [2.45, 2.75) is 62.7 Å². The molecule has 1 saturated carbocycles. The predicted octanol–water partition coefficient (Wildman–Crippen LogP) is 4.17. The molecule has 1 atom stereocenters. The summed E-state index contributed by atoms with van der Waals surface area (Å²) >= 11 is 0. The number of rotatable bonds is 3. The minimum atomic E-state index is -0.649. The number of piperidine rings is 1. The molecule has 1 aromatic carbocycles. The van der Waals surface area contributed by atoms with Gasteiger partial charge < -0.3 is 10.0 Å². The van der Waals surface area contributed by atoms with E-state index < -0.39 is 5.97 Å². The fourth-order valence-electron chi connectivity index (χ4n) is 5.49. The Morgan fingerprint density at radius 3 is 2.54 bits per heavy atom. The van der Waals surface area contributed by atoms with Gasteiger partial charge in [0.25, 0.3) is 0 Å². The number of fused-ring (bicyclic) bond motifs is 2. The van der Waals surface area contributed by atoms with Crippen LogP contribution in [0.25, 0.3) is 0 Å². The molecule has 3 aliphatic rings. The largest absolute Gasteiger partial charge is 0.481 e. The maximum atomic E-state index is 11.7. The zero-order chi connectivity index (χ0) is 16.6. The van der Waals surface area contributed by atoms with Crippen LogP contribution in [0.15, 0.2) is 24.3 Å². The molecule has 1 heterocycles. The van der Waals surface area contributed by atoms with E-state index in [0.717, 1.165) is 43.8 Å². The standard InChI is InChI=1S/C21H29NO2/c23-20(24)18-14-21(19-9-5-4-8-17(18)19)10-12-22(13-11-21)15-16-6-2-1-3-7-16/h4-5,8-9,16,18H,1-3,6-7,10-15H2,(H,23,24). The zero-order valence-corrected chi connectivity index (χ0v) is 14.5. The molecule has 2 aliphatic carbocycles. The van der Waals surface area contributed by atoms with Crippen molar-refractivity contribution in [1.29, 1.82) is 0 Å². The third-order valence-corrected chi connectivity index (χ3v) is 6.85. The topological polar surface area (TPSA) is 40.5 Å². The van der Waals surface area contributed by atoms with Crippen LogP contribution in [0.3, 0.4) is 0 Å². The summed E-state index contributed by atoms with van der Waals surface area (Å²) in [5, 5.41) is 9.63. The van der Waals surface area contributed by atoms with Gasteiger partial charge in [-0.25, -0.2) is 0 Å². The summed E-state index contributed by atoms with van der Waals surface area (Å²) in [4.78, 5) is 14.4. The summed E-state index contributed by atoms with van der Waals surface area (Å²) in [6.07, 6.45) is 10.1. The van der Waals surface area contributed by atoms with Crippen LogP contribution in [0, 0.1) is 5.92 Å². The first kappa shape index (κ1) is 16.1. The van der Waals surface area contributed by atoms with Crippen molar-refractivity contribution < 1.29 is 9.90 Å². The van der Waals surface area contributed by atoms with E-state index in [1.165, 1.54) is 44.2 Å². The van der Waals surface area contributed by atoms with Crippen LogP contribution in [0.4, 0.5) is 0 Å². The highest BCUT2D eigenvalue weighted by atomic mass is 16.4. The Hall–Kier alpha value is -1.35. The van der Waals surface area contributed by atoms with Crippen molar-refractivity contribution in [3.63, 3.8) is 0 Å². The molecule has 130 valence electrons. The van der Waals surface area contributed by atoms with Gasteiger partial charge in [-0.1, -0.05) is 43.5 Å². The molecular weight excluding hydrogens is 298 g/mol. The average molecular weight is 327 g/mol. The number of benzene rings is 1. The van der Waals surface area contributed by atoms with Crippen molar-refractivity contribution >= 4 is 5.97 Å². The van der Waals surface area contributed by atoms with Crippen molar-refractivity contribution in [2.24, 2.45) is 5.92 Å². The van der Waals surface area contributed by atoms with Crippen molar-refractivity contribution in [3.8, 4) is 0 Å². The molecule has 1 N–H and O–H groups in total. The lowest BCUT2D eigenvalue weighted by Crippen LogP contribution is -2.43. The average Bonchev–Trinajstić information content (AvgIpc) is 2.93. The summed E-state index contributed by atoms with van der Waals surface area (Å²) < 4.78 is 0. The van der Waals surface area contributed by atoms with E-state index in [1.54, 1.807) is 0 Å². The maximum Gasteiger partial charge on any atom is 0.311 e. The third kappa shape index (κ3) is 2.88. The molecule has 1 unspecified atom stereocenters. The number of nitrogens with zero attached hydrogens (tertiary/aromatic N) is 1. The predicted molar refractivity (Wildman–Crippen MR) is 95.4 cm³/mol. The minimum absolute atomic E-state index is 0.114. The number of carbonyl (C=O) groups is 1. The second-order valence-corrected chi connectivity index (χ2v) is 8.27. The highest BCUT2D eigenvalue weighted by molar-refractivity contribution is 5.78. The SMILES string of the molecule is O=C(O)C1CC2(CCN(CC3CCCCC3)CC2)c2ccccc21. The van der Waals surface area contributed by atoms with E-state index in [0.29, 0.717) is 0 Å². The lowest BCUT2D eigenvalue weighted by atomic mass is 9.73. The molecular formula is C21H29NO2. The number of carboxylic acid groups (broad SMARTS) is 1. The Morgan fingerprint density at radius 2 is 1.83 bits per heavy atom. The Balaban J connectivity index is 1.45. The van der Waals surface area contributed by atoms with Crippen molar-refractivity contribution in [2.75, 3.05) is 19.6 Å². The number of hydrogen-bond donors (Lipinski definition) is 1. The van der Waals surface area contributed by atoms with Gasteiger partial charge in [-0.2, -0.15) is 0 Å². The maximum absolute atomic E-state index is 11.7. The monoisotopic (exact) mass is 327 g/mol. The molecule has 0 radical (unpaired) electrons. The van der Waals surface area contributed by atoms with Gasteiger partial charge in [0, 0.05) is 6.54 Å². The molecule has 1 aromatic rings. The van der Waals surface area contributed by atoms with Gasteiger partial charge in [-0.15, -0.1) is 0 Å². The van der Waals surface area contributed by atoms with Gasteiger partial charge in [0.2, 0.25) is 0 Å². The van der Waals surface area contributed by atoms with Gasteiger partial charge in [0.05, 0.1) is 5.92 Å². The summed E-state index contributed by atoms with van der Waals surface area (Å²) in [5.74, 6) is -0.0505. The van der Waals surface area contributed by atoms with E-state index in [9.17, 15) is 9.90 Å². The lowest BCUT2D eigenvalue weighted by Gasteiger charge is -2.41. The van der Waals surface area contributed by atoms with E-state index in [1.807, 2.05) is 12.1 Å². The van der Waals surface area contributed by atoms with E-state index in [2.05, 4.69) is 17.0 Å². The molecule has 0 aromatic heterocycles. The minimum Gasteiger partial charge on any atom is -0.481 e. The van der Waals surface area contributed by atoms with Gasteiger partial charge in [-0.3, -0.25) is 4.79 Å². The number of hydrogen-bond acceptors (Lipinski definition) is 2. The first-order chi connectivity index (χ1) is 11.7. The Morgan fingerprint density at radius 1 is 1.12 bits per heavy atom. The molecule has 1 saturated heterocycles. The summed E-state index contributed by atoms with van der Waals surface area (Å²) in [7, 11) is 0. The van der Waals surface area contributed by atoms with E-state index >= 15 is 0 Å². The lowest BCUT2D eigenvalue weighted by molar-refractivity contribution is -0.139. The number of carboxylic acids is 1. The van der Waals surface area contributed by atoms with Crippen molar-refractivity contribution in [3.05, 3.63) is 35.4 Å². The Labute approximate surface area is 145 Å². The van der Waals surface area contributed by atoms with Crippen LogP contribution in [0.2, 0.25) is 0 Å². The normalized spacial score (nSPS) is 27.2. The summed E-state index contributed by atoms with van der Waals surface area (Å²) in [5.41, 5.74) is 2.52. The van der Waals surface area contributed by atoms with Gasteiger partial charge in [0.15, 0.2) is 0 Å². The zero-order valence-electron chi connectivity index (χ0n) is 14.5. The Bertz CT molecular complexity index is 598. The highest BCUT2D eigenvalue weighted by Crippen LogP contribution is 2.51. The quantitative estimate of drug-likeness (QED) is 0.905. The van der Waals surface area contributed by atoms with Gasteiger partial charge in [0.1, 0.15) is 0 Å². The molecule has 24 heavy (non-hydrogen) atoms. The van der Waals surface area contributed by atoms with Crippen LogP contribution in [-0.4, -0.2) is 35.6 Å². The van der Waals surface area contributed by atoms with Gasteiger partial charge in [-0.05, 0) is 67.7 Å². The van der Waals surface area contributed by atoms with Gasteiger partial charge >= 0.3 is 5.97 Å². The molecule has 0 amide bonds. The van der Waals surface area contributed by atoms with E-state index in [4.69, 9.17) is 0 Å². The molecule has 3 nitrogen and oxygen atoms in total. The van der Waals surface area contributed by atoms with Crippen LogP contribution < -0.4 is 0 Å². The second-order valence-electron chi connectivity index (χ2n) is 8.27. The number of likely N-dealkylation sites (tertiary alicyclic amines) is 1. The van der Waals surface area contributed by atoms with Crippen LogP contribution in [0.5, 0.6) is 0 Å². The molecule has 3 heteroatoms. The molecule has 1 aliphatic heterocycles. The van der Waals surface area contributed by atoms with Crippen LogP contribution in [0.1, 0.15) is 68.4 Å². The first-order valence-corrected chi connectivity index (χ1v) is 9.72. The van der Waals surface area contributed by atoms with E-state index in [-0.39, 0.29) is 11.3 Å². The number of aliphatic carboxylic acids is 1. The summed E-state index contributed by atoms with van der Waals surface area (Å²) in [6.45, 7) is 3.54. The van der Waals surface area contributed by atoms with Crippen molar-refractivity contribution in [1.82, 2.24) is 4.90 Å². The highest BCUT2D eigenvalue weighted by Gasteiger charge is 2.47. The molecule has 2 fully saturated rings.